The van der Waals surface area contributed by atoms with Crippen LogP contribution in [0.5, 0.6) is 5.75 Å². The highest BCUT2D eigenvalue weighted by molar-refractivity contribution is 7.85. The number of ether oxygens (including phenoxy) is 6. The largest absolute Gasteiger partial charge is 0.490 e. The summed E-state index contributed by atoms with van der Waals surface area (Å²) < 4.78 is 64.6. The van der Waals surface area contributed by atoms with Crippen LogP contribution in [-0.2, 0) is 33.8 Å². The van der Waals surface area contributed by atoms with Gasteiger partial charge in [-0.1, -0.05) is 24.3 Å². The predicted octanol–water partition coefficient (Wildman–Crippen LogP) is 1.54. The third kappa shape index (κ3) is 11.2. The van der Waals surface area contributed by atoms with E-state index in [1.807, 2.05) is 12.1 Å². The molecule has 0 aliphatic carbocycles. The number of aliphatic hydroxyl groups is 1. The summed E-state index contributed by atoms with van der Waals surface area (Å²) in [5.74, 6) is 0.361. The molecule has 0 aromatic heterocycles. The van der Waals surface area contributed by atoms with E-state index in [1.165, 1.54) is 12.1 Å². The Hall–Kier alpha value is -1.83. The first-order valence-electron chi connectivity index (χ1n) is 10.6. The summed E-state index contributed by atoms with van der Waals surface area (Å²) in [4.78, 5) is -0.216. The fourth-order valence-electron chi connectivity index (χ4n) is 2.77. The van der Waals surface area contributed by atoms with Crippen molar-refractivity contribution in [3.63, 3.8) is 0 Å². The van der Waals surface area contributed by atoms with Crippen LogP contribution in [0.3, 0.4) is 0 Å². The molecule has 0 heterocycles. The monoisotopic (exact) mass is 488 g/mol. The summed E-state index contributed by atoms with van der Waals surface area (Å²) in [6.45, 7) is 4.35. The Labute approximate surface area is 194 Å². The lowest BCUT2D eigenvalue weighted by atomic mass is 10.1. The molecule has 2 aromatic carbocycles. The van der Waals surface area contributed by atoms with Crippen LogP contribution >= 0.6 is 0 Å². The van der Waals surface area contributed by atoms with E-state index in [4.69, 9.17) is 33.5 Å². The summed E-state index contributed by atoms with van der Waals surface area (Å²) in [7, 11) is -4.34. The molecule has 0 bridgehead atoms. The maximum atomic E-state index is 11.5. The Kier molecular flexibility index (Phi) is 13.2. The van der Waals surface area contributed by atoms with Crippen LogP contribution in [0.15, 0.2) is 41.3 Å². The molecule has 0 fully saturated rings. The number of benzene rings is 2. The van der Waals surface area contributed by atoms with E-state index in [-0.39, 0.29) is 18.1 Å². The lowest BCUT2D eigenvalue weighted by Crippen LogP contribution is -2.14. The van der Waals surface area contributed by atoms with E-state index >= 15 is 0 Å². The number of hydrogen-bond donors (Lipinski definition) is 2. The standard InChI is InChI=1S/C22H32O10S/c23-5-6-27-7-8-28-9-10-29-11-12-30-13-14-31-15-16-32-22-18-20(33(24,25)26)17-19-3-1-2-4-21(19)22/h1-4,17-18,23H,5-16H2,(H,24,25,26). The molecule has 11 heteroatoms. The Morgan fingerprint density at radius 2 is 1.15 bits per heavy atom. The van der Waals surface area contributed by atoms with Crippen LogP contribution in [0.2, 0.25) is 0 Å². The Bertz CT molecular complexity index is 903. The summed E-state index contributed by atoms with van der Waals surface area (Å²) in [6, 6.07) is 9.87. The summed E-state index contributed by atoms with van der Waals surface area (Å²) in [5, 5.41) is 9.95. The fraction of sp³-hybridized carbons (Fsp3) is 0.545. The van der Waals surface area contributed by atoms with Crippen LogP contribution in [0.1, 0.15) is 0 Å². The number of aliphatic hydroxyl groups excluding tert-OH is 1. The molecule has 0 amide bonds. The molecule has 2 N–H and O–H groups in total. The summed E-state index contributed by atoms with van der Waals surface area (Å²) in [6.07, 6.45) is 0. The van der Waals surface area contributed by atoms with Gasteiger partial charge >= 0.3 is 0 Å². The molecule has 10 nitrogen and oxygen atoms in total. The van der Waals surface area contributed by atoms with E-state index in [9.17, 15) is 13.0 Å². The maximum absolute atomic E-state index is 11.5. The molecular formula is C22H32O10S. The van der Waals surface area contributed by atoms with E-state index in [1.54, 1.807) is 12.1 Å². The third-order valence-electron chi connectivity index (χ3n) is 4.30. The highest BCUT2D eigenvalue weighted by Gasteiger charge is 2.14. The van der Waals surface area contributed by atoms with E-state index < -0.39 is 10.1 Å². The fourth-order valence-corrected chi connectivity index (χ4v) is 3.31. The lowest BCUT2D eigenvalue weighted by Gasteiger charge is -2.11. The van der Waals surface area contributed by atoms with Crippen molar-refractivity contribution in [2.24, 2.45) is 0 Å². The van der Waals surface area contributed by atoms with E-state index in [2.05, 4.69) is 0 Å². The van der Waals surface area contributed by atoms with Crippen LogP contribution < -0.4 is 4.74 Å². The van der Waals surface area contributed by atoms with Crippen molar-refractivity contribution in [1.29, 1.82) is 0 Å². The summed E-state index contributed by atoms with van der Waals surface area (Å²) >= 11 is 0. The van der Waals surface area contributed by atoms with Gasteiger partial charge in [0.05, 0.1) is 77.6 Å². The van der Waals surface area contributed by atoms with E-state index in [0.717, 1.165) is 5.39 Å². The Balaban J connectivity index is 1.51. The number of rotatable bonds is 19. The SMILES string of the molecule is O=S(=O)(O)c1cc(OCCOCCOCCOCCOCCOCCO)c2ccccc2c1. The van der Waals surface area contributed by atoms with Crippen molar-refractivity contribution in [3.05, 3.63) is 36.4 Å². The molecule has 0 saturated carbocycles. The van der Waals surface area contributed by atoms with Crippen molar-refractivity contribution >= 4 is 20.9 Å². The van der Waals surface area contributed by atoms with Gasteiger partial charge in [-0.3, -0.25) is 4.55 Å². The first kappa shape index (κ1) is 27.4. The molecule has 0 radical (unpaired) electrons. The van der Waals surface area contributed by atoms with E-state index in [0.29, 0.717) is 77.2 Å². The minimum atomic E-state index is -4.34. The summed E-state index contributed by atoms with van der Waals surface area (Å²) in [5.41, 5.74) is 0. The first-order valence-corrected chi connectivity index (χ1v) is 12.1. The van der Waals surface area contributed by atoms with Gasteiger partial charge in [-0.05, 0) is 11.5 Å². The second kappa shape index (κ2) is 15.9. The van der Waals surface area contributed by atoms with Crippen molar-refractivity contribution in [1.82, 2.24) is 0 Å². The van der Waals surface area contributed by atoms with Crippen LogP contribution in [0.4, 0.5) is 0 Å². The van der Waals surface area contributed by atoms with Crippen molar-refractivity contribution in [3.8, 4) is 5.75 Å². The molecule has 0 atom stereocenters. The van der Waals surface area contributed by atoms with Gasteiger partial charge in [0.15, 0.2) is 0 Å². The highest BCUT2D eigenvalue weighted by atomic mass is 32.2. The van der Waals surface area contributed by atoms with Gasteiger partial charge in [-0.25, -0.2) is 0 Å². The van der Waals surface area contributed by atoms with Gasteiger partial charge in [0.25, 0.3) is 10.1 Å². The number of hydrogen-bond acceptors (Lipinski definition) is 9. The molecule has 0 spiro atoms. The highest BCUT2D eigenvalue weighted by Crippen LogP contribution is 2.29. The van der Waals surface area contributed by atoms with Crippen molar-refractivity contribution in [2.75, 3.05) is 79.3 Å². The van der Waals surface area contributed by atoms with Gasteiger partial charge in [-0.15, -0.1) is 0 Å². The van der Waals surface area contributed by atoms with Gasteiger partial charge in [0, 0.05) is 11.5 Å². The zero-order valence-corrected chi connectivity index (χ0v) is 19.3. The molecule has 0 unspecified atom stereocenters. The second-order valence-electron chi connectivity index (χ2n) is 6.75. The van der Waals surface area contributed by atoms with Gasteiger partial charge < -0.3 is 33.5 Å². The zero-order valence-electron chi connectivity index (χ0n) is 18.5. The number of fused-ring (bicyclic) bond motifs is 1. The quantitative estimate of drug-likeness (QED) is 0.222. The topological polar surface area (TPSA) is 130 Å². The average Bonchev–Trinajstić information content (AvgIpc) is 2.80. The minimum absolute atomic E-state index is 0.00742. The second-order valence-corrected chi connectivity index (χ2v) is 8.17. The minimum Gasteiger partial charge on any atom is -0.490 e. The van der Waals surface area contributed by atoms with Crippen LogP contribution in [0, 0.1) is 0 Å². The molecule has 186 valence electrons. The van der Waals surface area contributed by atoms with Gasteiger partial charge in [0.1, 0.15) is 12.4 Å². The molecule has 2 rings (SSSR count). The van der Waals surface area contributed by atoms with Crippen LogP contribution in [-0.4, -0.2) is 97.4 Å². The molecule has 0 aliphatic heterocycles. The smallest absolute Gasteiger partial charge is 0.294 e. The Morgan fingerprint density at radius 3 is 1.67 bits per heavy atom. The van der Waals surface area contributed by atoms with Crippen molar-refractivity contribution in [2.45, 2.75) is 4.90 Å². The zero-order chi connectivity index (χ0) is 23.8. The Morgan fingerprint density at radius 1 is 0.667 bits per heavy atom. The molecular weight excluding hydrogens is 456 g/mol. The van der Waals surface area contributed by atoms with Crippen LogP contribution in [0.25, 0.3) is 10.8 Å². The third-order valence-corrected chi connectivity index (χ3v) is 5.14. The van der Waals surface area contributed by atoms with Gasteiger partial charge in [-0.2, -0.15) is 8.42 Å². The molecule has 0 aliphatic rings. The van der Waals surface area contributed by atoms with Crippen molar-refractivity contribution < 1.29 is 46.5 Å². The predicted molar refractivity (Wildman–Crippen MR) is 120 cm³/mol. The normalized spacial score (nSPS) is 11.8. The first-order chi connectivity index (χ1) is 16.0. The lowest BCUT2D eigenvalue weighted by molar-refractivity contribution is -0.0146. The molecule has 0 saturated heterocycles. The van der Waals surface area contributed by atoms with Gasteiger partial charge in [0.2, 0.25) is 0 Å². The molecule has 33 heavy (non-hydrogen) atoms. The average molecular weight is 489 g/mol. The molecule has 2 aromatic rings. The maximum Gasteiger partial charge on any atom is 0.294 e.